The van der Waals surface area contributed by atoms with E-state index in [2.05, 4.69) is 12.6 Å². The van der Waals surface area contributed by atoms with Crippen LogP contribution in [0.1, 0.15) is 38.5 Å². The molecule has 1 N–H and O–H groups in total. The Labute approximate surface area is 137 Å². The third kappa shape index (κ3) is 2.86. The maximum Gasteiger partial charge on any atom is 0.333 e. The van der Waals surface area contributed by atoms with Gasteiger partial charge in [0.2, 0.25) is 4.75 Å². The van der Waals surface area contributed by atoms with E-state index >= 15 is 0 Å². The summed E-state index contributed by atoms with van der Waals surface area (Å²) in [4.78, 5) is 11.8. The van der Waals surface area contributed by atoms with Gasteiger partial charge in [0.15, 0.2) is 0 Å². The monoisotopic (exact) mass is 356 g/mol. The first-order chi connectivity index (χ1) is 10.6. The largest absolute Gasteiger partial charge is 0.464 e. The molecule has 0 aromatic carbocycles. The van der Waals surface area contributed by atoms with Crippen LogP contribution in [-0.2, 0) is 9.53 Å². The molecular weight excluding hydrogens is 336 g/mol. The van der Waals surface area contributed by atoms with Crippen LogP contribution in [0, 0.1) is 17.3 Å². The molecule has 4 fully saturated rings. The van der Waals surface area contributed by atoms with Crippen LogP contribution in [0.5, 0.6) is 0 Å². The first kappa shape index (κ1) is 17.3. The van der Waals surface area contributed by atoms with Crippen LogP contribution in [0.3, 0.4) is 0 Å². The van der Waals surface area contributed by atoms with Crippen molar-refractivity contribution in [1.29, 1.82) is 0 Å². The lowest BCUT2D eigenvalue weighted by Gasteiger charge is -2.59. The number of hydrogen-bond acceptors (Lipinski definition) is 4. The van der Waals surface area contributed by atoms with E-state index in [1.165, 1.54) is 0 Å². The summed E-state index contributed by atoms with van der Waals surface area (Å²) in [6.45, 7) is -0.205. The Morgan fingerprint density at radius 3 is 2.13 bits per heavy atom. The van der Waals surface area contributed by atoms with Crippen molar-refractivity contribution in [2.45, 2.75) is 61.7 Å². The van der Waals surface area contributed by atoms with Gasteiger partial charge >= 0.3 is 5.97 Å². The van der Waals surface area contributed by atoms with Crippen molar-refractivity contribution >= 4 is 18.6 Å². The number of alkyl halides is 4. The molecule has 4 aliphatic carbocycles. The quantitative estimate of drug-likeness (QED) is 0.452. The fourth-order valence-electron chi connectivity index (χ4n) is 5.18. The van der Waals surface area contributed by atoms with E-state index < -0.39 is 34.6 Å². The number of esters is 1. The first-order valence-corrected chi connectivity index (χ1v) is 8.22. The second kappa shape index (κ2) is 5.51. The van der Waals surface area contributed by atoms with Gasteiger partial charge in [-0.1, -0.05) is 0 Å². The fourth-order valence-corrected chi connectivity index (χ4v) is 5.24. The Morgan fingerprint density at radius 1 is 1.17 bits per heavy atom. The van der Waals surface area contributed by atoms with Gasteiger partial charge in [0, 0.05) is 5.41 Å². The maximum atomic E-state index is 12.8. The lowest BCUT2D eigenvalue weighted by molar-refractivity contribution is -0.191. The minimum absolute atomic E-state index is 0.205. The molecule has 0 aliphatic heterocycles. The zero-order valence-corrected chi connectivity index (χ0v) is 13.4. The highest BCUT2D eigenvalue weighted by Gasteiger charge is 2.59. The lowest BCUT2D eigenvalue weighted by atomic mass is 9.48. The predicted molar refractivity (Wildman–Crippen MR) is 76.7 cm³/mol. The average molecular weight is 356 g/mol. The van der Waals surface area contributed by atoms with Crippen molar-refractivity contribution in [3.05, 3.63) is 0 Å². The van der Waals surface area contributed by atoms with Crippen LogP contribution in [0.4, 0.5) is 17.6 Å². The molecule has 0 radical (unpaired) electrons. The molecule has 0 aromatic rings. The van der Waals surface area contributed by atoms with Crippen molar-refractivity contribution in [3.8, 4) is 0 Å². The standard InChI is InChI=1S/C15H20F4O3S/c16-10(17)15(23,11(18)19)12(20)22-7-13-2-8-1-9(3-13)5-14(21,4-8)6-13/h8-11,21,23H,1-7H2. The third-order valence-corrected chi connectivity index (χ3v) is 6.23. The predicted octanol–water partition coefficient (Wildman–Crippen LogP) is 3.06. The molecule has 4 rings (SSSR count). The highest BCUT2D eigenvalue weighted by molar-refractivity contribution is 7.82. The van der Waals surface area contributed by atoms with Crippen molar-refractivity contribution in [2.75, 3.05) is 6.61 Å². The van der Waals surface area contributed by atoms with Crippen LogP contribution in [0.15, 0.2) is 0 Å². The molecule has 0 saturated heterocycles. The second-order valence-corrected chi connectivity index (χ2v) is 8.43. The first-order valence-electron chi connectivity index (χ1n) is 7.77. The summed E-state index contributed by atoms with van der Waals surface area (Å²) in [5, 5.41) is 10.6. The number of rotatable bonds is 5. The molecule has 2 unspecified atom stereocenters. The molecular formula is C15H20F4O3S. The molecule has 0 amide bonds. The topological polar surface area (TPSA) is 46.5 Å². The van der Waals surface area contributed by atoms with Crippen molar-refractivity contribution in [2.24, 2.45) is 17.3 Å². The second-order valence-electron chi connectivity index (χ2n) is 7.69. The molecule has 0 spiro atoms. The van der Waals surface area contributed by atoms with Gasteiger partial charge in [0.1, 0.15) is 0 Å². The van der Waals surface area contributed by atoms with E-state index in [0.717, 1.165) is 19.3 Å². The molecule has 2 atom stereocenters. The van der Waals surface area contributed by atoms with Crippen molar-refractivity contribution < 1.29 is 32.2 Å². The van der Waals surface area contributed by atoms with E-state index in [1.54, 1.807) is 0 Å². The average Bonchev–Trinajstić information content (AvgIpc) is 2.40. The molecule has 8 heteroatoms. The summed E-state index contributed by atoms with van der Waals surface area (Å²) in [6.07, 6.45) is -2.90. The van der Waals surface area contributed by atoms with Gasteiger partial charge in [-0.2, -0.15) is 0 Å². The van der Waals surface area contributed by atoms with E-state index in [-0.39, 0.29) is 6.61 Å². The van der Waals surface area contributed by atoms with Gasteiger partial charge < -0.3 is 9.84 Å². The Bertz CT molecular complexity index is 477. The number of thiol groups is 1. The molecule has 4 aliphatic rings. The van der Waals surface area contributed by atoms with Crippen molar-refractivity contribution in [3.63, 3.8) is 0 Å². The van der Waals surface area contributed by atoms with Gasteiger partial charge in [0.25, 0.3) is 12.9 Å². The molecule has 132 valence electrons. The van der Waals surface area contributed by atoms with Gasteiger partial charge in [-0.25, -0.2) is 17.6 Å². The molecule has 0 aromatic heterocycles. The Balaban J connectivity index is 1.70. The van der Waals surface area contributed by atoms with E-state index in [9.17, 15) is 27.5 Å². The highest BCUT2D eigenvalue weighted by Crippen LogP contribution is 2.61. The normalized spacial score (nSPS) is 39.3. The number of halogens is 4. The lowest BCUT2D eigenvalue weighted by Crippen LogP contribution is -2.57. The van der Waals surface area contributed by atoms with Crippen LogP contribution >= 0.6 is 12.6 Å². The van der Waals surface area contributed by atoms with Crippen LogP contribution in [0.25, 0.3) is 0 Å². The minimum Gasteiger partial charge on any atom is -0.464 e. The fraction of sp³-hybridized carbons (Fsp3) is 0.933. The van der Waals surface area contributed by atoms with E-state index in [1.807, 2.05) is 0 Å². The van der Waals surface area contributed by atoms with Crippen LogP contribution in [-0.4, -0.2) is 40.9 Å². The van der Waals surface area contributed by atoms with Crippen LogP contribution < -0.4 is 0 Å². The number of aliphatic hydroxyl groups is 1. The zero-order valence-electron chi connectivity index (χ0n) is 12.5. The van der Waals surface area contributed by atoms with E-state index in [4.69, 9.17) is 4.74 Å². The summed E-state index contributed by atoms with van der Waals surface area (Å²) in [5.41, 5.74) is -1.27. The highest BCUT2D eigenvalue weighted by atomic mass is 32.1. The summed E-state index contributed by atoms with van der Waals surface area (Å²) in [7, 11) is 0. The smallest absolute Gasteiger partial charge is 0.333 e. The maximum absolute atomic E-state index is 12.8. The summed E-state index contributed by atoms with van der Waals surface area (Å²) >= 11 is 3.21. The minimum atomic E-state index is -3.63. The molecule has 4 bridgehead atoms. The molecule has 3 nitrogen and oxygen atoms in total. The number of carbonyl (C=O) groups is 1. The Kier molecular flexibility index (Phi) is 4.15. The molecule has 23 heavy (non-hydrogen) atoms. The van der Waals surface area contributed by atoms with Gasteiger partial charge in [-0.15, -0.1) is 12.6 Å². The van der Waals surface area contributed by atoms with E-state index in [0.29, 0.717) is 31.1 Å². The Hall–Kier alpha value is -0.500. The Morgan fingerprint density at radius 2 is 1.70 bits per heavy atom. The van der Waals surface area contributed by atoms with Gasteiger partial charge in [0.05, 0.1) is 12.2 Å². The summed E-state index contributed by atoms with van der Waals surface area (Å²) in [6, 6.07) is 0. The summed E-state index contributed by atoms with van der Waals surface area (Å²) < 4.78 is 52.8. The number of hydrogen-bond donors (Lipinski definition) is 2. The summed E-state index contributed by atoms with van der Waals surface area (Å²) in [5.74, 6) is -1.04. The van der Waals surface area contributed by atoms with Crippen molar-refractivity contribution in [1.82, 2.24) is 0 Å². The SMILES string of the molecule is O=C(OCC12CC3CC(CC(O)(C3)C1)C2)C(S)(C(F)F)C(F)F. The van der Waals surface area contributed by atoms with Gasteiger partial charge in [-0.3, -0.25) is 4.79 Å². The molecule has 0 heterocycles. The van der Waals surface area contributed by atoms with Crippen LogP contribution in [0.2, 0.25) is 0 Å². The number of carbonyl (C=O) groups excluding carboxylic acids is 1. The third-order valence-electron chi connectivity index (χ3n) is 5.65. The van der Waals surface area contributed by atoms with Gasteiger partial charge in [-0.05, 0) is 50.4 Å². The zero-order chi connectivity index (χ0) is 17.0. The molecule has 4 saturated carbocycles. The number of ether oxygens (including phenoxy) is 1.